The topological polar surface area (TPSA) is 73.7 Å². The molecule has 1 atom stereocenters. The third kappa shape index (κ3) is 5.33. The Morgan fingerprint density at radius 2 is 1.91 bits per heavy atom. The van der Waals surface area contributed by atoms with Crippen LogP contribution in [0.2, 0.25) is 0 Å². The Hall–Kier alpha value is -3.00. The van der Waals surface area contributed by atoms with Crippen LogP contribution < -0.4 is 15.0 Å². The van der Waals surface area contributed by atoms with Gasteiger partial charge in [-0.05, 0) is 37.6 Å². The molecule has 1 aliphatic heterocycles. The molecular weight excluding hydrogens is 438 g/mol. The molecule has 8 heteroatoms. The molecule has 174 valence electrons. The average molecular weight is 468 g/mol. The number of ether oxygens (including phenoxy) is 2. The molecular formula is C25H29N3O4S. The number of nitrogens with zero attached hydrogens (tertiary/aromatic N) is 3. The maximum Gasteiger partial charge on any atom is 0.262 e. The van der Waals surface area contributed by atoms with Crippen molar-refractivity contribution < 1.29 is 14.3 Å². The van der Waals surface area contributed by atoms with Crippen molar-refractivity contribution in [3.05, 3.63) is 58.9 Å². The Bertz CT molecular complexity index is 1180. The molecule has 3 aromatic rings. The van der Waals surface area contributed by atoms with Gasteiger partial charge in [-0.15, -0.1) is 0 Å². The van der Waals surface area contributed by atoms with Gasteiger partial charge in [0.25, 0.3) is 5.56 Å². The fraction of sp³-hybridized carbons (Fsp3) is 0.400. The average Bonchev–Trinajstić information content (AvgIpc) is 2.85. The largest absolute Gasteiger partial charge is 0.486 e. The quantitative estimate of drug-likeness (QED) is 0.350. The van der Waals surface area contributed by atoms with E-state index in [1.807, 2.05) is 54.3 Å². The summed E-state index contributed by atoms with van der Waals surface area (Å²) in [6.45, 7) is 6.14. The highest BCUT2D eigenvalue weighted by atomic mass is 32.2. The van der Waals surface area contributed by atoms with Crippen LogP contribution in [0.3, 0.4) is 0 Å². The van der Waals surface area contributed by atoms with Gasteiger partial charge in [-0.3, -0.25) is 14.2 Å². The molecule has 2 aromatic carbocycles. The minimum atomic E-state index is -0.340. The Balaban J connectivity index is 1.58. The SMILES string of the molecule is CCCCN(CC)C(=O)CSc1nc2ccccc2c(=O)n1C[C@@H]1COc2ccccc2O1. The van der Waals surface area contributed by atoms with Crippen LogP contribution in [0.4, 0.5) is 0 Å². The first-order chi connectivity index (χ1) is 16.1. The number of hydrogen-bond donors (Lipinski definition) is 0. The van der Waals surface area contributed by atoms with E-state index in [1.54, 1.807) is 10.6 Å². The lowest BCUT2D eigenvalue weighted by Crippen LogP contribution is -2.38. The fourth-order valence-electron chi connectivity index (χ4n) is 3.80. The van der Waals surface area contributed by atoms with Crippen LogP contribution in [0.25, 0.3) is 10.9 Å². The lowest BCUT2D eigenvalue weighted by molar-refractivity contribution is -0.128. The van der Waals surface area contributed by atoms with Crippen molar-refractivity contribution in [1.82, 2.24) is 14.5 Å². The first-order valence-electron chi connectivity index (χ1n) is 11.4. The van der Waals surface area contributed by atoms with Crippen molar-refractivity contribution in [3.8, 4) is 11.5 Å². The summed E-state index contributed by atoms with van der Waals surface area (Å²) in [5, 5.41) is 1.06. The number of unbranched alkanes of at least 4 members (excludes halogenated alkanes) is 1. The Morgan fingerprint density at radius 3 is 2.70 bits per heavy atom. The van der Waals surface area contributed by atoms with Crippen LogP contribution in [0, 0.1) is 0 Å². The molecule has 0 unspecified atom stereocenters. The molecule has 0 bridgehead atoms. The highest BCUT2D eigenvalue weighted by molar-refractivity contribution is 7.99. The maximum atomic E-state index is 13.4. The van der Waals surface area contributed by atoms with E-state index in [1.165, 1.54) is 11.8 Å². The van der Waals surface area contributed by atoms with Gasteiger partial charge in [0.05, 0.1) is 23.2 Å². The number of thioether (sulfide) groups is 1. The third-order valence-corrected chi connectivity index (χ3v) is 6.58. The minimum Gasteiger partial charge on any atom is -0.486 e. The molecule has 0 fully saturated rings. The summed E-state index contributed by atoms with van der Waals surface area (Å²) < 4.78 is 13.5. The van der Waals surface area contributed by atoms with Crippen LogP contribution >= 0.6 is 11.8 Å². The highest BCUT2D eigenvalue weighted by Crippen LogP contribution is 2.31. The third-order valence-electron chi connectivity index (χ3n) is 5.62. The summed E-state index contributed by atoms with van der Waals surface area (Å²) in [6, 6.07) is 14.8. The lowest BCUT2D eigenvalue weighted by Gasteiger charge is -2.27. The normalized spacial score (nSPS) is 14.9. The van der Waals surface area contributed by atoms with Crippen molar-refractivity contribution in [2.24, 2.45) is 0 Å². The number of fused-ring (bicyclic) bond motifs is 2. The van der Waals surface area contributed by atoms with Crippen LogP contribution in [-0.4, -0.2) is 51.9 Å². The molecule has 0 saturated heterocycles. The molecule has 1 aliphatic rings. The number of carbonyl (C=O) groups is 1. The van der Waals surface area contributed by atoms with Crippen molar-refractivity contribution in [2.45, 2.75) is 44.5 Å². The maximum absolute atomic E-state index is 13.4. The Morgan fingerprint density at radius 1 is 1.15 bits per heavy atom. The number of rotatable bonds is 9. The predicted octanol–water partition coefficient (Wildman–Crippen LogP) is 3.98. The number of aromatic nitrogens is 2. The summed E-state index contributed by atoms with van der Waals surface area (Å²) in [6.07, 6.45) is 1.67. The molecule has 0 aliphatic carbocycles. The van der Waals surface area contributed by atoms with E-state index < -0.39 is 0 Å². The molecule has 1 amide bonds. The number of carbonyl (C=O) groups excluding carboxylic acids is 1. The minimum absolute atomic E-state index is 0.0519. The lowest BCUT2D eigenvalue weighted by atomic mass is 10.2. The van der Waals surface area contributed by atoms with Gasteiger partial charge in [0.2, 0.25) is 5.91 Å². The van der Waals surface area contributed by atoms with Crippen molar-refractivity contribution in [2.75, 3.05) is 25.4 Å². The van der Waals surface area contributed by atoms with Gasteiger partial charge in [-0.25, -0.2) is 4.98 Å². The molecule has 0 N–H and O–H groups in total. The second-order valence-corrected chi connectivity index (χ2v) is 8.88. The number of para-hydroxylation sites is 3. The molecule has 33 heavy (non-hydrogen) atoms. The van der Waals surface area contributed by atoms with E-state index >= 15 is 0 Å². The first-order valence-corrected chi connectivity index (χ1v) is 12.4. The summed E-state index contributed by atoms with van der Waals surface area (Å²) in [5.74, 6) is 1.64. The highest BCUT2D eigenvalue weighted by Gasteiger charge is 2.24. The van der Waals surface area contributed by atoms with E-state index in [-0.39, 0.29) is 29.9 Å². The summed E-state index contributed by atoms with van der Waals surface area (Å²) in [7, 11) is 0. The first kappa shape index (κ1) is 23.2. The molecule has 0 radical (unpaired) electrons. The molecule has 7 nitrogen and oxygen atoms in total. The second-order valence-electron chi connectivity index (χ2n) is 7.94. The van der Waals surface area contributed by atoms with Gasteiger partial charge >= 0.3 is 0 Å². The summed E-state index contributed by atoms with van der Waals surface area (Å²) in [4.78, 5) is 32.7. The Kier molecular flexibility index (Phi) is 7.54. The standard InChI is InChI=1S/C25H29N3O4S/c1-3-5-14-27(4-2)23(29)17-33-25-26-20-11-7-6-10-19(20)24(30)28(25)15-18-16-31-21-12-8-9-13-22(21)32-18/h6-13,18H,3-5,14-17H2,1-2H3/t18-/m1/s1. The molecule has 0 spiro atoms. The number of hydrogen-bond acceptors (Lipinski definition) is 6. The summed E-state index contributed by atoms with van der Waals surface area (Å²) >= 11 is 1.30. The van der Waals surface area contributed by atoms with Gasteiger partial charge in [-0.1, -0.05) is 49.4 Å². The van der Waals surface area contributed by atoms with Crippen molar-refractivity contribution >= 4 is 28.6 Å². The van der Waals surface area contributed by atoms with E-state index in [9.17, 15) is 9.59 Å². The van der Waals surface area contributed by atoms with E-state index in [4.69, 9.17) is 14.5 Å². The van der Waals surface area contributed by atoms with Crippen LogP contribution in [-0.2, 0) is 11.3 Å². The second kappa shape index (κ2) is 10.7. The molecule has 4 rings (SSSR count). The van der Waals surface area contributed by atoms with Gasteiger partial charge < -0.3 is 14.4 Å². The van der Waals surface area contributed by atoms with E-state index in [0.29, 0.717) is 40.7 Å². The van der Waals surface area contributed by atoms with Gasteiger partial charge in [0.1, 0.15) is 6.61 Å². The molecule has 0 saturated carbocycles. The molecule has 2 heterocycles. The Labute approximate surface area is 197 Å². The van der Waals surface area contributed by atoms with Crippen molar-refractivity contribution in [3.63, 3.8) is 0 Å². The van der Waals surface area contributed by atoms with E-state index in [0.717, 1.165) is 19.4 Å². The van der Waals surface area contributed by atoms with Crippen LogP contribution in [0.15, 0.2) is 58.5 Å². The molecule has 1 aromatic heterocycles. The van der Waals surface area contributed by atoms with E-state index in [2.05, 4.69) is 6.92 Å². The van der Waals surface area contributed by atoms with Crippen LogP contribution in [0.1, 0.15) is 26.7 Å². The number of benzene rings is 2. The monoisotopic (exact) mass is 467 g/mol. The fourth-order valence-corrected chi connectivity index (χ4v) is 4.71. The number of amides is 1. The van der Waals surface area contributed by atoms with Gasteiger partial charge in [0, 0.05) is 13.1 Å². The van der Waals surface area contributed by atoms with Gasteiger partial charge in [-0.2, -0.15) is 0 Å². The zero-order chi connectivity index (χ0) is 23.2. The van der Waals surface area contributed by atoms with Crippen molar-refractivity contribution in [1.29, 1.82) is 0 Å². The summed E-state index contributed by atoms with van der Waals surface area (Å²) in [5.41, 5.74) is 0.481. The van der Waals surface area contributed by atoms with Gasteiger partial charge in [0.15, 0.2) is 22.8 Å². The smallest absolute Gasteiger partial charge is 0.262 e. The zero-order valence-electron chi connectivity index (χ0n) is 19.0. The predicted molar refractivity (Wildman–Crippen MR) is 130 cm³/mol. The zero-order valence-corrected chi connectivity index (χ0v) is 19.8. The van der Waals surface area contributed by atoms with Crippen LogP contribution in [0.5, 0.6) is 11.5 Å².